The van der Waals surface area contributed by atoms with E-state index in [9.17, 15) is 4.79 Å². The molecule has 2 aromatic rings. The van der Waals surface area contributed by atoms with E-state index in [0.717, 1.165) is 12.8 Å². The second-order valence-electron chi connectivity index (χ2n) is 8.63. The molecule has 0 bridgehead atoms. The van der Waals surface area contributed by atoms with Crippen molar-refractivity contribution < 1.29 is 19.1 Å². The summed E-state index contributed by atoms with van der Waals surface area (Å²) in [6.45, 7) is 2.02. The zero-order chi connectivity index (χ0) is 23.4. The lowest BCUT2D eigenvalue weighted by Crippen LogP contribution is -2.37. The van der Waals surface area contributed by atoms with Gasteiger partial charge < -0.3 is 15.2 Å². The molecule has 1 amide bonds. The third-order valence-electron chi connectivity index (χ3n) is 6.07. The zero-order valence-corrected chi connectivity index (χ0v) is 19.6. The molecule has 2 heterocycles. The van der Waals surface area contributed by atoms with E-state index < -0.39 is 11.9 Å². The largest absolute Gasteiger partial charge is 0.491 e. The van der Waals surface area contributed by atoms with Gasteiger partial charge in [0.25, 0.3) is 5.79 Å². The van der Waals surface area contributed by atoms with Crippen LogP contribution in [0.2, 0.25) is 5.02 Å². The third kappa shape index (κ3) is 5.61. The molecular weight excluding hydrogens is 446 g/mol. The Bertz CT molecular complexity index is 1000. The molecule has 0 saturated heterocycles. The number of carbonyl (C=O) groups excluding carboxylic acids is 1. The van der Waals surface area contributed by atoms with E-state index in [0.29, 0.717) is 40.2 Å². The van der Waals surface area contributed by atoms with Crippen molar-refractivity contribution in [1.82, 2.24) is 15.3 Å². The van der Waals surface area contributed by atoms with E-state index in [1.165, 1.54) is 19.3 Å². The monoisotopic (exact) mass is 475 g/mol. The van der Waals surface area contributed by atoms with E-state index in [1.54, 1.807) is 55.3 Å². The summed E-state index contributed by atoms with van der Waals surface area (Å²) in [5.41, 5.74) is 10.9. The molecule has 9 nitrogen and oxygen atoms in total. The number of carbonyl (C=O) groups is 1. The van der Waals surface area contributed by atoms with Crippen LogP contribution >= 0.6 is 11.6 Å². The Kier molecular flexibility index (Phi) is 7.11. The first-order valence-corrected chi connectivity index (χ1v) is 11.5. The van der Waals surface area contributed by atoms with Gasteiger partial charge in [0.1, 0.15) is 12.4 Å². The van der Waals surface area contributed by atoms with Crippen LogP contribution in [0, 0.1) is 5.92 Å². The number of halogens is 1. The summed E-state index contributed by atoms with van der Waals surface area (Å²) in [7, 11) is 1.80. The minimum atomic E-state index is -1.18. The van der Waals surface area contributed by atoms with Crippen LogP contribution in [0.1, 0.15) is 39.0 Å². The Balaban J connectivity index is 1.52. The molecule has 2 atom stereocenters. The average molecular weight is 476 g/mol. The molecule has 1 fully saturated rings. The van der Waals surface area contributed by atoms with Crippen LogP contribution in [-0.4, -0.2) is 34.3 Å². The summed E-state index contributed by atoms with van der Waals surface area (Å²) in [5.74, 6) is -0.0962. The van der Waals surface area contributed by atoms with E-state index in [1.807, 2.05) is 0 Å². The van der Waals surface area contributed by atoms with Gasteiger partial charge in [-0.25, -0.2) is 9.63 Å². The highest BCUT2D eigenvalue weighted by Crippen LogP contribution is 2.37. The Morgan fingerprint density at radius 2 is 2.21 bits per heavy atom. The average Bonchev–Trinajstić information content (AvgIpc) is 3.37. The normalized spacial score (nSPS) is 21.5. The molecule has 1 saturated carbocycles. The number of nitrogens with zero attached hydrogens (tertiary/aromatic N) is 2. The molecule has 4 rings (SSSR count). The molecule has 33 heavy (non-hydrogen) atoms. The maximum Gasteiger partial charge on any atom is 0.414 e. The number of nitrogens with one attached hydrogen (secondary N) is 2. The van der Waals surface area contributed by atoms with Crippen LogP contribution in [0.3, 0.4) is 0 Å². The van der Waals surface area contributed by atoms with Crippen LogP contribution in [0.5, 0.6) is 5.75 Å². The highest BCUT2D eigenvalue weighted by atomic mass is 35.5. The number of ether oxygens (including phenoxy) is 2. The smallest absolute Gasteiger partial charge is 0.414 e. The summed E-state index contributed by atoms with van der Waals surface area (Å²) < 4.78 is 13.2. The molecular formula is C23H30ClN5O4. The van der Waals surface area contributed by atoms with Crippen LogP contribution in [-0.2, 0) is 16.6 Å². The van der Waals surface area contributed by atoms with E-state index in [2.05, 4.69) is 15.9 Å². The van der Waals surface area contributed by atoms with E-state index >= 15 is 0 Å². The fourth-order valence-corrected chi connectivity index (χ4v) is 4.54. The van der Waals surface area contributed by atoms with Gasteiger partial charge in [0.05, 0.1) is 16.9 Å². The number of hydrogen-bond acceptors (Lipinski definition) is 7. The SMILES string of the molecule is Cn1ncc(Cl)c1-c1cc(NC(=O)OC2(C)C=CNO2)ccc1OC[C@@H](N)C1CCCCC1. The quantitative estimate of drug-likeness (QED) is 0.545. The molecule has 2 aliphatic rings. The maximum atomic E-state index is 12.4. The number of aromatic nitrogens is 2. The van der Waals surface area contributed by atoms with Crippen molar-refractivity contribution in [3.63, 3.8) is 0 Å². The number of rotatable bonds is 7. The second kappa shape index (κ2) is 10.0. The summed E-state index contributed by atoms with van der Waals surface area (Å²) in [5, 5.41) is 7.43. The lowest BCUT2D eigenvalue weighted by Gasteiger charge is -2.27. The molecule has 0 spiro atoms. The Hall–Kier alpha value is -2.75. The number of nitrogens with two attached hydrogens (primary N) is 1. The van der Waals surface area contributed by atoms with Gasteiger partial charge in [-0.3, -0.25) is 15.5 Å². The second-order valence-corrected chi connectivity index (χ2v) is 9.04. The molecule has 1 aromatic heterocycles. The molecule has 1 aliphatic carbocycles. The first kappa shape index (κ1) is 23.4. The van der Waals surface area contributed by atoms with Crippen LogP contribution in [0.4, 0.5) is 10.5 Å². The van der Waals surface area contributed by atoms with E-state index in [4.69, 9.17) is 31.6 Å². The number of anilines is 1. The molecule has 0 radical (unpaired) electrons. The topological polar surface area (TPSA) is 113 Å². The van der Waals surface area contributed by atoms with Crippen molar-refractivity contribution in [2.75, 3.05) is 11.9 Å². The molecule has 4 N–H and O–H groups in total. The molecule has 1 aromatic carbocycles. The zero-order valence-electron chi connectivity index (χ0n) is 18.8. The number of hydroxylamine groups is 1. The van der Waals surface area contributed by atoms with Gasteiger partial charge in [0.2, 0.25) is 0 Å². The molecule has 1 aliphatic heterocycles. The number of benzene rings is 1. The van der Waals surface area contributed by atoms with Gasteiger partial charge in [0, 0.05) is 43.5 Å². The fourth-order valence-electron chi connectivity index (χ4n) is 4.27. The van der Waals surface area contributed by atoms with Crippen molar-refractivity contribution in [1.29, 1.82) is 0 Å². The minimum Gasteiger partial charge on any atom is -0.491 e. The predicted molar refractivity (Wildman–Crippen MR) is 126 cm³/mol. The van der Waals surface area contributed by atoms with Crippen molar-refractivity contribution in [2.45, 2.75) is 50.9 Å². The molecule has 1 unspecified atom stereocenters. The Morgan fingerprint density at radius 1 is 1.42 bits per heavy atom. The lowest BCUT2D eigenvalue weighted by atomic mass is 9.84. The number of amides is 1. The van der Waals surface area contributed by atoms with Gasteiger partial charge in [-0.15, -0.1) is 0 Å². The van der Waals surface area contributed by atoms with Crippen molar-refractivity contribution >= 4 is 23.4 Å². The van der Waals surface area contributed by atoms with Crippen molar-refractivity contribution in [3.05, 3.63) is 41.7 Å². The Morgan fingerprint density at radius 3 is 2.88 bits per heavy atom. The number of aryl methyl sites for hydroxylation is 1. The maximum absolute atomic E-state index is 12.4. The van der Waals surface area contributed by atoms with Gasteiger partial charge in [-0.1, -0.05) is 30.9 Å². The summed E-state index contributed by atoms with van der Waals surface area (Å²) in [4.78, 5) is 17.6. The van der Waals surface area contributed by atoms with Crippen LogP contribution < -0.4 is 21.3 Å². The summed E-state index contributed by atoms with van der Waals surface area (Å²) >= 11 is 6.42. The Labute approximate surface area is 198 Å². The van der Waals surface area contributed by atoms with Crippen LogP contribution in [0.15, 0.2) is 36.7 Å². The minimum absolute atomic E-state index is 0.0400. The third-order valence-corrected chi connectivity index (χ3v) is 6.35. The van der Waals surface area contributed by atoms with Gasteiger partial charge in [-0.05, 0) is 37.0 Å². The molecule has 178 valence electrons. The number of hydrogen-bond donors (Lipinski definition) is 3. The molecule has 10 heteroatoms. The van der Waals surface area contributed by atoms with E-state index in [-0.39, 0.29) is 6.04 Å². The van der Waals surface area contributed by atoms with Gasteiger partial charge >= 0.3 is 6.09 Å². The van der Waals surface area contributed by atoms with Crippen molar-refractivity contribution in [2.24, 2.45) is 18.7 Å². The van der Waals surface area contributed by atoms with Gasteiger partial charge in [-0.2, -0.15) is 5.10 Å². The van der Waals surface area contributed by atoms with Crippen LogP contribution in [0.25, 0.3) is 11.3 Å². The fraction of sp³-hybridized carbons (Fsp3) is 0.478. The first-order chi connectivity index (χ1) is 15.8. The standard InChI is InChI=1S/C23H30ClN5O4/c1-23(10-11-27-33-23)32-22(30)28-16-8-9-20(17(12-16)21-18(24)13-26-29(21)2)31-14-19(25)15-6-4-3-5-7-15/h8-13,15,19,27H,3-7,14,25H2,1-2H3,(H,28,30)/t19-,23?/m1/s1. The summed E-state index contributed by atoms with van der Waals surface area (Å²) in [6, 6.07) is 5.26. The summed E-state index contributed by atoms with van der Waals surface area (Å²) in [6.07, 6.45) is 10.1. The predicted octanol–water partition coefficient (Wildman–Crippen LogP) is 4.34. The highest BCUT2D eigenvalue weighted by Gasteiger charge is 2.31. The first-order valence-electron chi connectivity index (χ1n) is 11.2. The van der Waals surface area contributed by atoms with Crippen molar-refractivity contribution in [3.8, 4) is 17.0 Å². The highest BCUT2D eigenvalue weighted by molar-refractivity contribution is 6.33. The lowest BCUT2D eigenvalue weighted by molar-refractivity contribution is -0.166. The van der Waals surface area contributed by atoms with Gasteiger partial charge in [0.15, 0.2) is 0 Å².